The highest BCUT2D eigenvalue weighted by Crippen LogP contribution is 2.28. The molecule has 2 aromatic carbocycles. The van der Waals surface area contributed by atoms with Gasteiger partial charge >= 0.3 is 0 Å². The maximum absolute atomic E-state index is 13.3. The minimum Gasteiger partial charge on any atom is -0.491 e. The second-order valence-corrected chi connectivity index (χ2v) is 8.66. The molecule has 3 rings (SSSR count). The minimum absolute atomic E-state index is 0.0510. The first-order valence-corrected chi connectivity index (χ1v) is 10.5. The van der Waals surface area contributed by atoms with Gasteiger partial charge in [-0.05, 0) is 74.7 Å². The monoisotopic (exact) mass is 454 g/mol. The van der Waals surface area contributed by atoms with Crippen LogP contribution in [0.4, 0.5) is 10.1 Å². The van der Waals surface area contributed by atoms with Crippen LogP contribution < -0.4 is 10.1 Å². The molecule has 0 radical (unpaired) electrons. The number of benzene rings is 2. The van der Waals surface area contributed by atoms with Crippen molar-refractivity contribution >= 4 is 34.8 Å². The summed E-state index contributed by atoms with van der Waals surface area (Å²) in [6, 6.07) is 7.72. The summed E-state index contributed by atoms with van der Waals surface area (Å²) in [5.74, 6) is -0.139. The first kappa shape index (κ1) is 22.8. The summed E-state index contributed by atoms with van der Waals surface area (Å²) in [6.45, 7) is 5.06. The molecular weight excluding hydrogens is 430 g/mol. The lowest BCUT2D eigenvalue weighted by Crippen LogP contribution is -2.53. The number of rotatable bonds is 6. The molecule has 0 aliphatic carbocycles. The molecule has 0 aromatic heterocycles. The number of aliphatic hydroxyl groups is 1. The fourth-order valence-corrected chi connectivity index (χ4v) is 3.93. The number of carbonyl (C=O) groups excluding carboxylic acids is 1. The van der Waals surface area contributed by atoms with Crippen LogP contribution in [0, 0.1) is 19.7 Å². The molecule has 1 saturated heterocycles. The topological polar surface area (TPSA) is 61.8 Å². The molecule has 1 atom stereocenters. The van der Waals surface area contributed by atoms with Crippen molar-refractivity contribution < 1.29 is 19.0 Å². The number of nitrogens with one attached hydrogen (secondary N) is 1. The third-order valence-electron chi connectivity index (χ3n) is 5.12. The van der Waals surface area contributed by atoms with E-state index in [1.807, 2.05) is 30.9 Å². The Labute approximate surface area is 185 Å². The summed E-state index contributed by atoms with van der Waals surface area (Å²) in [5, 5.41) is 14.3. The van der Waals surface area contributed by atoms with Crippen LogP contribution in [0.2, 0.25) is 10.0 Å². The van der Waals surface area contributed by atoms with Gasteiger partial charge in [0.15, 0.2) is 0 Å². The smallest absolute Gasteiger partial charge is 0.238 e. The molecule has 0 spiro atoms. The molecule has 8 heteroatoms. The Morgan fingerprint density at radius 1 is 1.27 bits per heavy atom. The van der Waals surface area contributed by atoms with Gasteiger partial charge < -0.3 is 15.2 Å². The highest BCUT2D eigenvalue weighted by Gasteiger charge is 2.34. The van der Waals surface area contributed by atoms with E-state index in [1.165, 1.54) is 18.2 Å². The maximum atomic E-state index is 13.3. The molecule has 1 aliphatic heterocycles. The summed E-state index contributed by atoms with van der Waals surface area (Å²) < 4.78 is 19.1. The summed E-state index contributed by atoms with van der Waals surface area (Å²) in [6.07, 6.45) is 1.33. The van der Waals surface area contributed by atoms with E-state index in [4.69, 9.17) is 27.9 Å². The van der Waals surface area contributed by atoms with Crippen molar-refractivity contribution in [2.75, 3.05) is 31.6 Å². The average molecular weight is 455 g/mol. The van der Waals surface area contributed by atoms with Gasteiger partial charge in [0, 0.05) is 17.3 Å². The largest absolute Gasteiger partial charge is 0.491 e. The van der Waals surface area contributed by atoms with Crippen LogP contribution >= 0.6 is 23.2 Å². The van der Waals surface area contributed by atoms with E-state index in [0.29, 0.717) is 36.0 Å². The van der Waals surface area contributed by atoms with Gasteiger partial charge in [-0.15, -0.1) is 0 Å². The molecule has 30 heavy (non-hydrogen) atoms. The van der Waals surface area contributed by atoms with E-state index in [0.717, 1.165) is 17.5 Å². The van der Waals surface area contributed by atoms with Gasteiger partial charge in [-0.1, -0.05) is 23.2 Å². The van der Waals surface area contributed by atoms with Gasteiger partial charge in [0.05, 0.1) is 11.6 Å². The number of hydrogen-bond acceptors (Lipinski definition) is 4. The fraction of sp³-hybridized carbons (Fsp3) is 0.409. The number of amides is 1. The Morgan fingerprint density at radius 2 is 1.97 bits per heavy atom. The Morgan fingerprint density at radius 3 is 2.63 bits per heavy atom. The molecular formula is C22H25Cl2FN2O3. The Hall–Kier alpha value is -1.86. The van der Waals surface area contributed by atoms with Gasteiger partial charge in [-0.25, -0.2) is 4.39 Å². The molecule has 1 unspecified atom stereocenters. The zero-order valence-electron chi connectivity index (χ0n) is 17.0. The quantitative estimate of drug-likeness (QED) is 0.669. The SMILES string of the molecule is Cc1cc(OCC2(O)CCCN(CC(=O)Nc3ccc(F)c(Cl)c3)C2)cc(C)c1Cl. The van der Waals surface area contributed by atoms with E-state index in [2.05, 4.69) is 5.32 Å². The van der Waals surface area contributed by atoms with E-state index < -0.39 is 11.4 Å². The van der Waals surface area contributed by atoms with Gasteiger partial charge in [-0.2, -0.15) is 0 Å². The summed E-state index contributed by atoms with van der Waals surface area (Å²) in [5.41, 5.74) is 1.21. The number of β-amino-alcohol motifs (C(OH)–C–C–N with tert-alkyl or cyclic N) is 1. The molecule has 0 bridgehead atoms. The molecule has 1 heterocycles. The third-order valence-corrected chi connectivity index (χ3v) is 6.01. The van der Waals surface area contributed by atoms with Crippen LogP contribution in [0.25, 0.3) is 0 Å². The number of nitrogens with zero attached hydrogens (tertiary/aromatic N) is 1. The summed E-state index contributed by atoms with van der Waals surface area (Å²) in [4.78, 5) is 14.2. The van der Waals surface area contributed by atoms with Crippen molar-refractivity contribution in [2.45, 2.75) is 32.3 Å². The van der Waals surface area contributed by atoms with Crippen molar-refractivity contribution in [2.24, 2.45) is 0 Å². The lowest BCUT2D eigenvalue weighted by Gasteiger charge is -2.38. The van der Waals surface area contributed by atoms with Crippen LogP contribution in [0.1, 0.15) is 24.0 Å². The van der Waals surface area contributed by atoms with E-state index in [9.17, 15) is 14.3 Å². The van der Waals surface area contributed by atoms with Crippen molar-refractivity contribution in [1.29, 1.82) is 0 Å². The summed E-state index contributed by atoms with van der Waals surface area (Å²) in [7, 11) is 0. The van der Waals surface area contributed by atoms with Crippen LogP contribution in [-0.4, -0.2) is 47.8 Å². The molecule has 5 nitrogen and oxygen atoms in total. The number of carbonyl (C=O) groups is 1. The molecule has 0 saturated carbocycles. The second kappa shape index (κ2) is 9.52. The lowest BCUT2D eigenvalue weighted by molar-refractivity contribution is -0.119. The molecule has 162 valence electrons. The number of likely N-dealkylation sites (tertiary alicyclic amines) is 1. The zero-order chi connectivity index (χ0) is 21.9. The van der Waals surface area contributed by atoms with Crippen molar-refractivity contribution in [3.05, 3.63) is 57.3 Å². The predicted octanol–water partition coefficient (Wildman–Crippen LogP) is 4.59. The van der Waals surface area contributed by atoms with Gasteiger partial charge in [0.2, 0.25) is 5.91 Å². The van der Waals surface area contributed by atoms with Gasteiger partial charge in [0.25, 0.3) is 0 Å². The van der Waals surface area contributed by atoms with E-state index >= 15 is 0 Å². The van der Waals surface area contributed by atoms with E-state index in [-0.39, 0.29) is 24.1 Å². The molecule has 1 fully saturated rings. The first-order chi connectivity index (χ1) is 14.1. The van der Waals surface area contributed by atoms with Crippen LogP contribution in [0.5, 0.6) is 5.75 Å². The Balaban J connectivity index is 1.55. The lowest BCUT2D eigenvalue weighted by atomic mass is 9.93. The summed E-state index contributed by atoms with van der Waals surface area (Å²) >= 11 is 11.9. The first-order valence-electron chi connectivity index (χ1n) is 9.74. The van der Waals surface area contributed by atoms with Gasteiger partial charge in [-0.3, -0.25) is 9.69 Å². The number of ether oxygens (including phenoxy) is 1. The van der Waals surface area contributed by atoms with Crippen molar-refractivity contribution in [3.63, 3.8) is 0 Å². The number of anilines is 1. The maximum Gasteiger partial charge on any atom is 0.238 e. The zero-order valence-corrected chi connectivity index (χ0v) is 18.5. The standard InChI is InChI=1S/C22H25Cl2FN2O3/c1-14-8-17(9-15(2)21(14)24)30-13-22(29)6-3-7-27(12-22)11-20(28)26-16-4-5-19(25)18(23)10-16/h4-5,8-10,29H,3,6-7,11-13H2,1-2H3,(H,26,28). The molecule has 1 amide bonds. The number of halogens is 3. The second-order valence-electron chi connectivity index (χ2n) is 7.88. The number of piperidine rings is 1. The Bertz CT molecular complexity index is 918. The average Bonchev–Trinajstić information content (AvgIpc) is 2.67. The van der Waals surface area contributed by atoms with Crippen LogP contribution in [0.15, 0.2) is 30.3 Å². The third kappa shape index (κ3) is 5.85. The highest BCUT2D eigenvalue weighted by molar-refractivity contribution is 6.32. The molecule has 1 aliphatic rings. The molecule has 2 N–H and O–H groups in total. The molecule has 2 aromatic rings. The van der Waals surface area contributed by atoms with Crippen molar-refractivity contribution in [3.8, 4) is 5.75 Å². The van der Waals surface area contributed by atoms with Crippen LogP contribution in [0.3, 0.4) is 0 Å². The predicted molar refractivity (Wildman–Crippen MR) is 117 cm³/mol. The van der Waals surface area contributed by atoms with Gasteiger partial charge in [0.1, 0.15) is 23.8 Å². The highest BCUT2D eigenvalue weighted by atomic mass is 35.5. The Kier molecular flexibility index (Phi) is 7.24. The fourth-order valence-electron chi connectivity index (χ4n) is 3.64. The number of aryl methyl sites for hydroxylation is 2. The number of hydrogen-bond donors (Lipinski definition) is 2. The van der Waals surface area contributed by atoms with E-state index in [1.54, 1.807) is 0 Å². The van der Waals surface area contributed by atoms with Crippen molar-refractivity contribution in [1.82, 2.24) is 4.90 Å². The van der Waals surface area contributed by atoms with Crippen LogP contribution in [-0.2, 0) is 4.79 Å². The minimum atomic E-state index is -1.06. The normalized spacial score (nSPS) is 19.5.